The molecule has 0 spiro atoms. The van der Waals surface area contributed by atoms with E-state index in [4.69, 9.17) is 4.74 Å². The Morgan fingerprint density at radius 3 is 2.21 bits per heavy atom. The maximum atomic E-state index is 13.5. The van der Waals surface area contributed by atoms with Gasteiger partial charge in [0.15, 0.2) is 0 Å². The number of hydrogen-bond acceptors (Lipinski definition) is 4. The molecule has 0 bridgehead atoms. The lowest BCUT2D eigenvalue weighted by Crippen LogP contribution is -2.29. The fraction of sp³-hybridized carbons (Fsp3) is 0.185. The Hall–Kier alpha value is -3.93. The van der Waals surface area contributed by atoms with Crippen LogP contribution >= 0.6 is 0 Å². The summed E-state index contributed by atoms with van der Waals surface area (Å²) in [6, 6.07) is 18.6. The number of carbonyl (C=O) groups is 2. The number of nitrogens with zero attached hydrogens (tertiary/aromatic N) is 1. The van der Waals surface area contributed by atoms with Crippen LogP contribution in [-0.2, 0) is 9.59 Å². The summed E-state index contributed by atoms with van der Waals surface area (Å²) >= 11 is 0. The van der Waals surface area contributed by atoms with E-state index in [1.165, 1.54) is 29.2 Å². The molecular weight excluding hydrogens is 421 g/mol. The number of ketones is 1. The van der Waals surface area contributed by atoms with E-state index in [-0.39, 0.29) is 17.4 Å². The third-order valence-electron chi connectivity index (χ3n) is 5.53. The van der Waals surface area contributed by atoms with Gasteiger partial charge in [0.1, 0.15) is 17.3 Å². The second-order valence-electron chi connectivity index (χ2n) is 8.19. The third-order valence-corrected chi connectivity index (χ3v) is 5.53. The van der Waals surface area contributed by atoms with Crippen molar-refractivity contribution in [3.63, 3.8) is 0 Å². The zero-order valence-electron chi connectivity index (χ0n) is 18.6. The highest BCUT2D eigenvalue weighted by molar-refractivity contribution is 6.51. The lowest BCUT2D eigenvalue weighted by atomic mass is 9.92. The van der Waals surface area contributed by atoms with Crippen molar-refractivity contribution in [3.8, 4) is 5.75 Å². The minimum Gasteiger partial charge on any atom is -0.507 e. The first-order valence-electron chi connectivity index (χ1n) is 10.7. The van der Waals surface area contributed by atoms with E-state index in [1.54, 1.807) is 24.3 Å². The fourth-order valence-corrected chi connectivity index (χ4v) is 4.01. The number of hydrogen-bond donors (Lipinski definition) is 1. The van der Waals surface area contributed by atoms with Crippen molar-refractivity contribution >= 4 is 23.1 Å². The van der Waals surface area contributed by atoms with E-state index in [1.807, 2.05) is 45.0 Å². The number of halogens is 1. The van der Waals surface area contributed by atoms with Gasteiger partial charge < -0.3 is 9.84 Å². The molecule has 1 heterocycles. The van der Waals surface area contributed by atoms with Gasteiger partial charge in [0.2, 0.25) is 0 Å². The minimum atomic E-state index is -0.858. The molecule has 1 aliphatic rings. The molecule has 5 nitrogen and oxygen atoms in total. The van der Waals surface area contributed by atoms with Crippen LogP contribution in [0.2, 0.25) is 0 Å². The number of ether oxygens (including phenoxy) is 1. The highest BCUT2D eigenvalue weighted by atomic mass is 19.1. The van der Waals surface area contributed by atoms with Crippen molar-refractivity contribution in [2.75, 3.05) is 4.90 Å². The van der Waals surface area contributed by atoms with Crippen LogP contribution in [0.1, 0.15) is 36.6 Å². The van der Waals surface area contributed by atoms with Crippen LogP contribution in [0.5, 0.6) is 5.75 Å². The number of aliphatic hydroxyl groups excluding tert-OH is 1. The molecule has 1 N–H and O–H groups in total. The quantitative estimate of drug-likeness (QED) is 0.318. The maximum Gasteiger partial charge on any atom is 0.300 e. The van der Waals surface area contributed by atoms with E-state index in [2.05, 4.69) is 0 Å². The van der Waals surface area contributed by atoms with Crippen molar-refractivity contribution in [2.24, 2.45) is 0 Å². The van der Waals surface area contributed by atoms with Crippen molar-refractivity contribution in [1.82, 2.24) is 0 Å². The van der Waals surface area contributed by atoms with Crippen LogP contribution < -0.4 is 9.64 Å². The number of rotatable bonds is 5. The van der Waals surface area contributed by atoms with Crippen molar-refractivity contribution < 1.29 is 23.8 Å². The van der Waals surface area contributed by atoms with Gasteiger partial charge in [-0.1, -0.05) is 24.3 Å². The van der Waals surface area contributed by atoms with Crippen molar-refractivity contribution in [3.05, 3.63) is 101 Å². The average Bonchev–Trinajstić information content (AvgIpc) is 3.05. The van der Waals surface area contributed by atoms with Crippen LogP contribution in [0.3, 0.4) is 0 Å². The first kappa shape index (κ1) is 22.3. The van der Waals surface area contributed by atoms with E-state index in [0.717, 1.165) is 5.56 Å². The van der Waals surface area contributed by atoms with Gasteiger partial charge in [0, 0.05) is 11.3 Å². The van der Waals surface area contributed by atoms with Gasteiger partial charge in [-0.2, -0.15) is 0 Å². The summed E-state index contributed by atoms with van der Waals surface area (Å²) < 4.78 is 19.2. The van der Waals surface area contributed by atoms with Gasteiger partial charge in [-0.15, -0.1) is 0 Å². The van der Waals surface area contributed by atoms with Gasteiger partial charge in [0.05, 0.1) is 17.7 Å². The molecule has 1 aliphatic heterocycles. The van der Waals surface area contributed by atoms with E-state index in [0.29, 0.717) is 22.6 Å². The van der Waals surface area contributed by atoms with Gasteiger partial charge >= 0.3 is 0 Å². The molecule has 6 heteroatoms. The van der Waals surface area contributed by atoms with Crippen LogP contribution in [0.15, 0.2) is 78.4 Å². The Morgan fingerprint density at radius 2 is 1.61 bits per heavy atom. The van der Waals surface area contributed by atoms with Crippen LogP contribution in [-0.4, -0.2) is 22.9 Å². The van der Waals surface area contributed by atoms with Crippen LogP contribution in [0.25, 0.3) is 5.76 Å². The summed E-state index contributed by atoms with van der Waals surface area (Å²) in [5, 5.41) is 11.2. The van der Waals surface area contributed by atoms with Crippen LogP contribution in [0, 0.1) is 12.7 Å². The zero-order valence-corrected chi connectivity index (χ0v) is 18.6. The van der Waals surface area contributed by atoms with E-state index < -0.39 is 23.5 Å². The molecule has 0 saturated carbocycles. The molecule has 1 atom stereocenters. The molecular formula is C27H24FNO4. The normalized spacial score (nSPS) is 17.6. The number of amides is 1. The molecule has 168 valence electrons. The lowest BCUT2D eigenvalue weighted by molar-refractivity contribution is -0.132. The Morgan fingerprint density at radius 1 is 0.970 bits per heavy atom. The monoisotopic (exact) mass is 445 g/mol. The van der Waals surface area contributed by atoms with E-state index in [9.17, 15) is 19.1 Å². The second kappa shape index (κ2) is 8.90. The molecule has 1 fully saturated rings. The van der Waals surface area contributed by atoms with Gasteiger partial charge in [-0.05, 0) is 80.4 Å². The first-order valence-corrected chi connectivity index (χ1v) is 10.7. The highest BCUT2D eigenvalue weighted by Crippen LogP contribution is 2.43. The number of aryl methyl sites for hydroxylation is 1. The minimum absolute atomic E-state index is 0.00784. The summed E-state index contributed by atoms with van der Waals surface area (Å²) in [5.41, 5.74) is 2.29. The molecule has 0 aromatic heterocycles. The van der Waals surface area contributed by atoms with Crippen LogP contribution in [0.4, 0.5) is 10.1 Å². The number of Topliss-reactive ketones (excluding diaryl/α,β-unsaturated/α-hetero) is 1. The third kappa shape index (κ3) is 4.24. The number of aliphatic hydroxyl groups is 1. The fourth-order valence-electron chi connectivity index (χ4n) is 4.01. The smallest absolute Gasteiger partial charge is 0.300 e. The number of anilines is 1. The number of benzene rings is 3. The maximum absolute atomic E-state index is 13.5. The molecule has 3 aromatic carbocycles. The topological polar surface area (TPSA) is 66.8 Å². The van der Waals surface area contributed by atoms with Gasteiger partial charge in [0.25, 0.3) is 11.7 Å². The molecule has 4 rings (SSSR count). The highest BCUT2D eigenvalue weighted by Gasteiger charge is 2.47. The summed E-state index contributed by atoms with van der Waals surface area (Å²) in [6.07, 6.45) is -0.00784. The molecule has 0 radical (unpaired) electrons. The number of carbonyl (C=O) groups excluding carboxylic acids is 2. The van der Waals surface area contributed by atoms with Gasteiger partial charge in [-0.25, -0.2) is 4.39 Å². The van der Waals surface area contributed by atoms with Gasteiger partial charge in [-0.3, -0.25) is 14.5 Å². The summed E-state index contributed by atoms with van der Waals surface area (Å²) in [4.78, 5) is 27.6. The standard InChI is InChI=1S/C27H24FNO4/c1-16(2)33-21-14-8-18(9-15-21)25(30)23-24(22-7-5-4-6-17(22)3)29(27(32)26(23)31)20-12-10-19(28)11-13-20/h4-16,24,30H,1-3H3/b25-23-. The Labute approximate surface area is 191 Å². The zero-order chi connectivity index (χ0) is 23.7. The summed E-state index contributed by atoms with van der Waals surface area (Å²) in [7, 11) is 0. The second-order valence-corrected chi connectivity index (χ2v) is 8.19. The van der Waals surface area contributed by atoms with E-state index >= 15 is 0 Å². The first-order chi connectivity index (χ1) is 15.8. The molecule has 1 amide bonds. The SMILES string of the molecule is Cc1ccccc1C1/C(=C(/O)c2ccc(OC(C)C)cc2)C(=O)C(=O)N1c1ccc(F)cc1. The molecule has 1 saturated heterocycles. The molecule has 3 aromatic rings. The summed E-state index contributed by atoms with van der Waals surface area (Å²) in [5.74, 6) is -1.68. The largest absolute Gasteiger partial charge is 0.507 e. The Bertz CT molecular complexity index is 1230. The Kier molecular flexibility index (Phi) is 6.01. The molecule has 1 unspecified atom stereocenters. The van der Waals surface area contributed by atoms with Crippen molar-refractivity contribution in [2.45, 2.75) is 32.9 Å². The summed E-state index contributed by atoms with van der Waals surface area (Å²) in [6.45, 7) is 5.69. The van der Waals surface area contributed by atoms with Crippen molar-refractivity contribution in [1.29, 1.82) is 0 Å². The predicted octanol–water partition coefficient (Wildman–Crippen LogP) is 5.55. The predicted molar refractivity (Wildman–Crippen MR) is 125 cm³/mol. The lowest BCUT2D eigenvalue weighted by Gasteiger charge is -2.26. The Balaban J connectivity index is 1.88. The molecule has 33 heavy (non-hydrogen) atoms. The average molecular weight is 445 g/mol. The molecule has 0 aliphatic carbocycles.